The molecule has 2 amide bonds. The summed E-state index contributed by atoms with van der Waals surface area (Å²) in [5, 5.41) is 5.43. The number of nitrogens with one attached hydrogen (secondary N) is 2. The third-order valence-electron chi connectivity index (χ3n) is 4.62. The van der Waals surface area contributed by atoms with E-state index in [1.807, 2.05) is 0 Å². The van der Waals surface area contributed by atoms with Crippen molar-refractivity contribution >= 4 is 11.8 Å². The molecule has 0 bridgehead atoms. The average molecular weight is 350 g/mol. The minimum absolute atomic E-state index is 0.105. The monoisotopic (exact) mass is 350 g/mol. The van der Waals surface area contributed by atoms with Gasteiger partial charge < -0.3 is 15.5 Å². The number of likely N-dealkylation sites (tertiary alicyclic amines) is 1. The SMILES string of the molecule is CCC(C(=O)NCC(N1CCNCC1)C(F)(F)F)N1CCCC1=O. The number of halogens is 3. The van der Waals surface area contributed by atoms with Gasteiger partial charge in [-0.15, -0.1) is 0 Å². The number of piperazine rings is 1. The van der Waals surface area contributed by atoms with Crippen molar-refractivity contribution in [3.05, 3.63) is 0 Å². The number of nitrogens with zero attached hydrogens (tertiary/aromatic N) is 2. The molecule has 0 aromatic carbocycles. The van der Waals surface area contributed by atoms with Crippen LogP contribution in [-0.2, 0) is 9.59 Å². The molecule has 9 heteroatoms. The summed E-state index contributed by atoms with van der Waals surface area (Å²) >= 11 is 0. The van der Waals surface area contributed by atoms with E-state index in [1.165, 1.54) is 9.80 Å². The summed E-state index contributed by atoms with van der Waals surface area (Å²) in [5.74, 6) is -0.608. The fourth-order valence-electron chi connectivity index (χ4n) is 3.31. The number of alkyl halides is 3. The number of rotatable bonds is 6. The van der Waals surface area contributed by atoms with Gasteiger partial charge >= 0.3 is 6.18 Å². The molecular weight excluding hydrogens is 325 g/mol. The Bertz CT molecular complexity index is 452. The maximum Gasteiger partial charge on any atom is 0.405 e. The van der Waals surface area contributed by atoms with E-state index >= 15 is 0 Å². The topological polar surface area (TPSA) is 64.7 Å². The zero-order chi connectivity index (χ0) is 17.7. The Labute approximate surface area is 139 Å². The van der Waals surface area contributed by atoms with Crippen molar-refractivity contribution < 1.29 is 22.8 Å². The molecule has 2 rings (SSSR count). The predicted octanol–water partition coefficient (Wildman–Crippen LogP) is 0.340. The predicted molar refractivity (Wildman–Crippen MR) is 82.3 cm³/mol. The molecule has 2 fully saturated rings. The third-order valence-corrected chi connectivity index (χ3v) is 4.62. The second-order valence-electron chi connectivity index (χ2n) is 6.20. The van der Waals surface area contributed by atoms with Crippen LogP contribution in [0.3, 0.4) is 0 Å². The average Bonchev–Trinajstić information content (AvgIpc) is 2.94. The van der Waals surface area contributed by atoms with Crippen molar-refractivity contribution in [3.8, 4) is 0 Å². The van der Waals surface area contributed by atoms with E-state index in [-0.39, 0.29) is 5.91 Å². The van der Waals surface area contributed by atoms with E-state index in [0.717, 1.165) is 0 Å². The van der Waals surface area contributed by atoms with Gasteiger partial charge in [-0.3, -0.25) is 14.5 Å². The van der Waals surface area contributed by atoms with E-state index in [0.29, 0.717) is 52.0 Å². The first-order valence-electron chi connectivity index (χ1n) is 8.43. The molecular formula is C15H25F3N4O2. The minimum Gasteiger partial charge on any atom is -0.352 e. The van der Waals surface area contributed by atoms with Gasteiger partial charge in [0.15, 0.2) is 0 Å². The van der Waals surface area contributed by atoms with E-state index in [9.17, 15) is 22.8 Å². The van der Waals surface area contributed by atoms with Crippen molar-refractivity contribution in [1.29, 1.82) is 0 Å². The molecule has 0 aromatic rings. The summed E-state index contributed by atoms with van der Waals surface area (Å²) < 4.78 is 40.0. The van der Waals surface area contributed by atoms with E-state index in [1.54, 1.807) is 6.92 Å². The lowest BCUT2D eigenvalue weighted by molar-refractivity contribution is -0.184. The molecule has 2 saturated heterocycles. The number of carbonyl (C=O) groups is 2. The molecule has 0 saturated carbocycles. The van der Waals surface area contributed by atoms with Gasteiger partial charge in [-0.25, -0.2) is 0 Å². The molecule has 2 aliphatic heterocycles. The lowest BCUT2D eigenvalue weighted by Gasteiger charge is -2.36. The van der Waals surface area contributed by atoms with Gasteiger partial charge in [0.2, 0.25) is 11.8 Å². The molecule has 2 unspecified atom stereocenters. The third kappa shape index (κ3) is 4.60. The van der Waals surface area contributed by atoms with Crippen LogP contribution in [0.5, 0.6) is 0 Å². The first-order chi connectivity index (χ1) is 11.3. The molecule has 2 N–H and O–H groups in total. The van der Waals surface area contributed by atoms with Gasteiger partial charge in [0.05, 0.1) is 0 Å². The molecule has 138 valence electrons. The quantitative estimate of drug-likeness (QED) is 0.725. The maximum absolute atomic E-state index is 13.3. The van der Waals surface area contributed by atoms with Crippen LogP contribution in [-0.4, -0.2) is 79.1 Å². The van der Waals surface area contributed by atoms with Gasteiger partial charge in [-0.1, -0.05) is 6.92 Å². The summed E-state index contributed by atoms with van der Waals surface area (Å²) in [4.78, 5) is 26.9. The van der Waals surface area contributed by atoms with Crippen LogP contribution in [0.1, 0.15) is 26.2 Å². The molecule has 0 radical (unpaired) electrons. The summed E-state index contributed by atoms with van der Waals surface area (Å²) in [5.41, 5.74) is 0. The highest BCUT2D eigenvalue weighted by molar-refractivity contribution is 5.88. The number of amides is 2. The fourth-order valence-corrected chi connectivity index (χ4v) is 3.31. The van der Waals surface area contributed by atoms with Gasteiger partial charge in [-0.05, 0) is 12.8 Å². The van der Waals surface area contributed by atoms with Crippen LogP contribution >= 0.6 is 0 Å². The standard InChI is InChI=1S/C15H25F3N4O2/c1-2-11(22-7-3-4-13(22)23)14(24)20-10-12(15(16,17)18)21-8-5-19-6-9-21/h11-12,19H,2-10H2,1H3,(H,20,24). The summed E-state index contributed by atoms with van der Waals surface area (Å²) in [6.45, 7) is 3.35. The molecule has 0 spiro atoms. The maximum atomic E-state index is 13.3. The smallest absolute Gasteiger partial charge is 0.352 e. The second-order valence-corrected chi connectivity index (χ2v) is 6.20. The highest BCUT2D eigenvalue weighted by Gasteiger charge is 2.44. The van der Waals surface area contributed by atoms with Gasteiger partial charge in [0.25, 0.3) is 0 Å². The molecule has 24 heavy (non-hydrogen) atoms. The zero-order valence-corrected chi connectivity index (χ0v) is 13.9. The van der Waals surface area contributed by atoms with Crippen LogP contribution in [0.2, 0.25) is 0 Å². The molecule has 0 aliphatic carbocycles. The normalized spacial score (nSPS) is 22.5. The number of hydrogen-bond donors (Lipinski definition) is 2. The minimum atomic E-state index is -4.41. The van der Waals surface area contributed by atoms with E-state index in [2.05, 4.69) is 10.6 Å². The van der Waals surface area contributed by atoms with Gasteiger partial charge in [0.1, 0.15) is 12.1 Å². The lowest BCUT2D eigenvalue weighted by atomic mass is 10.1. The summed E-state index contributed by atoms with van der Waals surface area (Å²) in [6.07, 6.45) is -2.93. The molecule has 0 aromatic heterocycles. The number of carbonyl (C=O) groups excluding carboxylic acids is 2. The van der Waals surface area contributed by atoms with E-state index in [4.69, 9.17) is 0 Å². The van der Waals surface area contributed by atoms with Crippen LogP contribution in [0, 0.1) is 0 Å². The zero-order valence-electron chi connectivity index (χ0n) is 13.9. The number of hydrogen-bond acceptors (Lipinski definition) is 4. The molecule has 2 heterocycles. The van der Waals surface area contributed by atoms with Crippen LogP contribution in [0.15, 0.2) is 0 Å². The van der Waals surface area contributed by atoms with E-state index < -0.39 is 30.7 Å². The van der Waals surface area contributed by atoms with Crippen molar-refractivity contribution in [3.63, 3.8) is 0 Å². The fraction of sp³-hybridized carbons (Fsp3) is 0.867. The van der Waals surface area contributed by atoms with Crippen LogP contribution < -0.4 is 10.6 Å². The Balaban J connectivity index is 1.96. The molecule has 6 nitrogen and oxygen atoms in total. The highest BCUT2D eigenvalue weighted by Crippen LogP contribution is 2.25. The van der Waals surface area contributed by atoms with Crippen molar-refractivity contribution in [2.45, 2.75) is 44.4 Å². The van der Waals surface area contributed by atoms with Crippen molar-refractivity contribution in [2.75, 3.05) is 39.3 Å². The first kappa shape index (κ1) is 19.0. The Kier molecular flexibility index (Phi) is 6.45. The Morgan fingerprint density at radius 1 is 1.29 bits per heavy atom. The molecule has 2 aliphatic rings. The highest BCUT2D eigenvalue weighted by atomic mass is 19.4. The largest absolute Gasteiger partial charge is 0.405 e. The van der Waals surface area contributed by atoms with Gasteiger partial charge in [0, 0.05) is 45.7 Å². The lowest BCUT2D eigenvalue weighted by Crippen LogP contribution is -2.58. The Morgan fingerprint density at radius 2 is 1.96 bits per heavy atom. The van der Waals surface area contributed by atoms with Crippen LogP contribution in [0.25, 0.3) is 0 Å². The van der Waals surface area contributed by atoms with Crippen LogP contribution in [0.4, 0.5) is 13.2 Å². The summed E-state index contributed by atoms with van der Waals surface area (Å²) in [6, 6.07) is -2.38. The molecule has 2 atom stereocenters. The first-order valence-corrected chi connectivity index (χ1v) is 8.43. The van der Waals surface area contributed by atoms with Gasteiger partial charge in [-0.2, -0.15) is 13.2 Å². The van der Waals surface area contributed by atoms with Crippen molar-refractivity contribution in [1.82, 2.24) is 20.4 Å². The Hall–Kier alpha value is -1.35. The van der Waals surface area contributed by atoms with Crippen molar-refractivity contribution in [2.24, 2.45) is 0 Å². The Morgan fingerprint density at radius 3 is 2.46 bits per heavy atom. The summed E-state index contributed by atoms with van der Waals surface area (Å²) in [7, 11) is 0. The second kappa shape index (κ2) is 8.15.